The third kappa shape index (κ3) is 4.18. The monoisotopic (exact) mass is 481 g/mol. The second kappa shape index (κ2) is 9.54. The van der Waals surface area contributed by atoms with Crippen molar-refractivity contribution in [3.05, 3.63) is 74.0 Å². The van der Waals surface area contributed by atoms with E-state index in [9.17, 15) is 19.7 Å². The van der Waals surface area contributed by atoms with Crippen LogP contribution in [0, 0.1) is 16.0 Å². The maximum Gasteiger partial charge on any atom is 0.352 e. The van der Waals surface area contributed by atoms with Crippen LogP contribution in [0.1, 0.15) is 40.9 Å². The molecule has 2 amide bonds. The van der Waals surface area contributed by atoms with Crippen molar-refractivity contribution in [1.82, 2.24) is 19.7 Å². The fraction of sp³-hybridized carbons (Fsp3) is 0.458. The molecule has 178 valence electrons. The van der Waals surface area contributed by atoms with Crippen LogP contribution >= 0.6 is 11.3 Å². The Hall–Kier alpha value is -3.27. The normalized spacial score (nSPS) is 23.2. The fourth-order valence-electron chi connectivity index (χ4n) is 5.51. The lowest BCUT2D eigenvalue weighted by atomic mass is 9.77. The van der Waals surface area contributed by atoms with Crippen molar-refractivity contribution >= 4 is 23.2 Å². The predicted octanol–water partition coefficient (Wildman–Crippen LogP) is 2.99. The highest BCUT2D eigenvalue weighted by molar-refractivity contribution is 7.12. The second-order valence-electron chi connectivity index (χ2n) is 8.99. The lowest BCUT2D eigenvalue weighted by Crippen LogP contribution is -2.57. The summed E-state index contributed by atoms with van der Waals surface area (Å²) >= 11 is 1.42. The zero-order valence-electron chi connectivity index (χ0n) is 18.8. The van der Waals surface area contributed by atoms with E-state index in [-0.39, 0.29) is 23.6 Å². The Morgan fingerprint density at radius 3 is 2.53 bits per heavy atom. The molecule has 0 spiro atoms. The second-order valence-corrected chi connectivity index (χ2v) is 9.94. The number of carbonyl (C=O) groups is 2. The number of aromatic nitrogens is 1. The number of nitrogens with zero attached hydrogens (tertiary/aromatic N) is 5. The molecule has 2 unspecified atom stereocenters. The van der Waals surface area contributed by atoms with Crippen molar-refractivity contribution in [2.24, 2.45) is 5.92 Å². The van der Waals surface area contributed by atoms with Crippen LogP contribution in [0.15, 0.2) is 53.4 Å². The average molecular weight is 482 g/mol. The van der Waals surface area contributed by atoms with Crippen molar-refractivity contribution < 1.29 is 14.5 Å². The molecular formula is C24H27N5O4S. The van der Waals surface area contributed by atoms with Crippen molar-refractivity contribution in [2.45, 2.75) is 38.3 Å². The van der Waals surface area contributed by atoms with E-state index in [0.717, 1.165) is 31.2 Å². The molecule has 10 heteroatoms. The van der Waals surface area contributed by atoms with Crippen LogP contribution in [0.5, 0.6) is 0 Å². The van der Waals surface area contributed by atoms with Gasteiger partial charge >= 0.3 is 11.6 Å². The fourth-order valence-corrected chi connectivity index (χ4v) is 6.20. The maximum atomic E-state index is 13.5. The zero-order valence-corrected chi connectivity index (χ0v) is 19.7. The summed E-state index contributed by atoms with van der Waals surface area (Å²) in [5.41, 5.74) is 1.20. The van der Waals surface area contributed by atoms with Crippen LogP contribution in [0.3, 0.4) is 0 Å². The van der Waals surface area contributed by atoms with E-state index in [2.05, 4.69) is 4.98 Å². The SMILES string of the molecule is O=C(c1cccs1)N1CCN(C2=C([N+](=O)[O-])C(=O)N(Cc3ccncc3)C3CCCCC23)CC1. The molecule has 1 aliphatic carbocycles. The first-order chi connectivity index (χ1) is 16.5. The van der Waals surface area contributed by atoms with Crippen LogP contribution in [0.4, 0.5) is 0 Å². The molecule has 1 saturated heterocycles. The van der Waals surface area contributed by atoms with Crippen LogP contribution in [0.25, 0.3) is 0 Å². The molecule has 0 N–H and O–H groups in total. The maximum absolute atomic E-state index is 13.5. The van der Waals surface area contributed by atoms with Crippen molar-refractivity contribution in [3.8, 4) is 0 Å². The summed E-state index contributed by atoms with van der Waals surface area (Å²) in [7, 11) is 0. The Bertz CT molecular complexity index is 1100. The summed E-state index contributed by atoms with van der Waals surface area (Å²) in [5.74, 6) is -0.567. The summed E-state index contributed by atoms with van der Waals surface area (Å²) in [5, 5.41) is 14.1. The van der Waals surface area contributed by atoms with E-state index in [1.807, 2.05) is 34.5 Å². The van der Waals surface area contributed by atoms with E-state index < -0.39 is 10.8 Å². The Morgan fingerprint density at radius 1 is 1.12 bits per heavy atom. The molecular weight excluding hydrogens is 454 g/mol. The topological polar surface area (TPSA) is 99.9 Å². The van der Waals surface area contributed by atoms with Crippen molar-refractivity contribution in [3.63, 3.8) is 0 Å². The quantitative estimate of drug-likeness (QED) is 0.481. The third-order valence-corrected chi connectivity index (χ3v) is 7.97. The molecule has 2 fully saturated rings. The standard InChI is InChI=1S/C24H27N5O4S/c30-23(20-6-3-15-34-20)27-13-11-26(12-14-27)21-18-4-1-2-5-19(18)28(24(31)22(21)29(32)33)16-17-7-9-25-10-8-17/h3,6-10,15,18-19H,1-2,4-5,11-14,16H2. The number of amides is 2. The van der Waals surface area contributed by atoms with Gasteiger partial charge in [0.2, 0.25) is 0 Å². The van der Waals surface area contributed by atoms with Crippen LogP contribution < -0.4 is 0 Å². The molecule has 9 nitrogen and oxygen atoms in total. The molecule has 2 atom stereocenters. The van der Waals surface area contributed by atoms with Gasteiger partial charge in [-0.25, -0.2) is 0 Å². The van der Waals surface area contributed by atoms with Crippen LogP contribution in [0.2, 0.25) is 0 Å². The number of thiophene rings is 1. The lowest BCUT2D eigenvalue weighted by Gasteiger charge is -2.47. The van der Waals surface area contributed by atoms with Gasteiger partial charge in [-0.05, 0) is 42.0 Å². The van der Waals surface area contributed by atoms with Gasteiger partial charge in [0.05, 0.1) is 9.80 Å². The van der Waals surface area contributed by atoms with Gasteiger partial charge in [-0.3, -0.25) is 24.7 Å². The molecule has 5 rings (SSSR count). The minimum absolute atomic E-state index is 0.00285. The van der Waals surface area contributed by atoms with Crippen molar-refractivity contribution in [2.75, 3.05) is 26.2 Å². The highest BCUT2D eigenvalue weighted by Crippen LogP contribution is 2.42. The molecule has 3 aliphatic rings. The molecule has 1 saturated carbocycles. The Balaban J connectivity index is 1.42. The molecule has 2 aromatic rings. The van der Waals surface area contributed by atoms with Gasteiger partial charge in [-0.1, -0.05) is 18.9 Å². The third-order valence-electron chi connectivity index (χ3n) is 7.11. The highest BCUT2D eigenvalue weighted by Gasteiger charge is 2.50. The van der Waals surface area contributed by atoms with Gasteiger partial charge in [0.25, 0.3) is 5.91 Å². The molecule has 0 bridgehead atoms. The van der Waals surface area contributed by atoms with E-state index in [4.69, 9.17) is 0 Å². The molecule has 0 radical (unpaired) electrons. The average Bonchev–Trinajstić information content (AvgIpc) is 3.40. The molecule has 34 heavy (non-hydrogen) atoms. The molecule has 0 aromatic carbocycles. The van der Waals surface area contributed by atoms with Gasteiger partial charge in [0.15, 0.2) is 0 Å². The van der Waals surface area contributed by atoms with E-state index in [1.54, 1.807) is 22.2 Å². The van der Waals surface area contributed by atoms with Crippen LogP contribution in [-0.2, 0) is 11.3 Å². The number of hydrogen-bond acceptors (Lipinski definition) is 7. The number of hydrogen-bond donors (Lipinski definition) is 0. The Kier molecular flexibility index (Phi) is 6.32. The molecule has 2 aliphatic heterocycles. The van der Waals surface area contributed by atoms with E-state index in [0.29, 0.717) is 43.3 Å². The first-order valence-corrected chi connectivity index (χ1v) is 12.6. The van der Waals surface area contributed by atoms with E-state index >= 15 is 0 Å². The Morgan fingerprint density at radius 2 is 1.85 bits per heavy atom. The smallest absolute Gasteiger partial charge is 0.352 e. The van der Waals surface area contributed by atoms with Gasteiger partial charge in [-0.15, -0.1) is 11.3 Å². The lowest BCUT2D eigenvalue weighted by molar-refractivity contribution is -0.424. The first-order valence-electron chi connectivity index (χ1n) is 11.7. The number of pyridine rings is 1. The number of carbonyl (C=O) groups excluding carboxylic acids is 2. The summed E-state index contributed by atoms with van der Waals surface area (Å²) in [6, 6.07) is 7.31. The number of nitro groups is 1. The summed E-state index contributed by atoms with van der Waals surface area (Å²) < 4.78 is 0. The van der Waals surface area contributed by atoms with Gasteiger partial charge in [-0.2, -0.15) is 0 Å². The summed E-state index contributed by atoms with van der Waals surface area (Å²) in [6.45, 7) is 2.29. The number of fused-ring (bicyclic) bond motifs is 1. The predicted molar refractivity (Wildman–Crippen MR) is 126 cm³/mol. The molecule has 2 aromatic heterocycles. The summed E-state index contributed by atoms with van der Waals surface area (Å²) in [4.78, 5) is 48.2. The molecule has 4 heterocycles. The van der Waals surface area contributed by atoms with Crippen LogP contribution in [-0.4, -0.2) is 68.6 Å². The summed E-state index contributed by atoms with van der Waals surface area (Å²) in [6.07, 6.45) is 7.01. The van der Waals surface area contributed by atoms with E-state index in [1.165, 1.54) is 11.3 Å². The minimum Gasteiger partial charge on any atom is -0.365 e. The Labute approximate surface area is 201 Å². The van der Waals surface area contributed by atoms with Crippen molar-refractivity contribution in [1.29, 1.82) is 0 Å². The van der Waals surface area contributed by atoms with Gasteiger partial charge < -0.3 is 14.7 Å². The largest absolute Gasteiger partial charge is 0.365 e. The number of rotatable bonds is 5. The van der Waals surface area contributed by atoms with Gasteiger partial charge in [0.1, 0.15) is 5.70 Å². The zero-order chi connectivity index (χ0) is 23.7. The first kappa shape index (κ1) is 22.5. The highest BCUT2D eigenvalue weighted by atomic mass is 32.1. The number of piperazine rings is 1. The minimum atomic E-state index is -0.503. The van der Waals surface area contributed by atoms with Gasteiger partial charge in [0, 0.05) is 57.1 Å².